The Balaban J connectivity index is 2.18. The minimum absolute atomic E-state index is 0.318. The maximum absolute atomic E-state index is 12.6. The van der Waals surface area contributed by atoms with Crippen LogP contribution in [0.4, 0.5) is 5.69 Å². The van der Waals surface area contributed by atoms with Gasteiger partial charge in [0.25, 0.3) is 5.91 Å². The van der Waals surface area contributed by atoms with Crippen molar-refractivity contribution in [2.45, 2.75) is 6.23 Å². The number of nitrogens with zero attached hydrogens (tertiary/aromatic N) is 2. The second kappa shape index (κ2) is 7.13. The number of halogens is 1. The lowest BCUT2D eigenvalue weighted by molar-refractivity contribution is -0.126. The molecule has 0 saturated carbocycles. The van der Waals surface area contributed by atoms with Gasteiger partial charge in [-0.25, -0.2) is 4.99 Å². The Bertz CT molecular complexity index is 777. The van der Waals surface area contributed by atoms with Crippen LogP contribution in [0.3, 0.4) is 0 Å². The Morgan fingerprint density at radius 2 is 2.00 bits per heavy atom. The highest BCUT2D eigenvalue weighted by atomic mass is 35.5. The van der Waals surface area contributed by atoms with Gasteiger partial charge >= 0.3 is 0 Å². The molecular weight excluding hydrogens is 328 g/mol. The van der Waals surface area contributed by atoms with Crippen LogP contribution in [0.25, 0.3) is 0 Å². The Hall–Kier alpha value is -2.21. The zero-order valence-electron chi connectivity index (χ0n) is 13.1. The summed E-state index contributed by atoms with van der Waals surface area (Å²) in [6.45, 7) is 0.666. The highest BCUT2D eigenvalue weighted by molar-refractivity contribution is 6.32. The molecular formula is C18H17ClN2O3. The number of fused-ring (bicyclic) bond motifs is 1. The van der Waals surface area contributed by atoms with Crippen molar-refractivity contribution in [3.8, 4) is 0 Å². The van der Waals surface area contributed by atoms with E-state index in [2.05, 4.69) is 4.99 Å². The molecule has 1 aliphatic rings. The minimum atomic E-state index is -1.47. The summed E-state index contributed by atoms with van der Waals surface area (Å²) in [6, 6.07) is 14.7. The molecule has 0 saturated heterocycles. The number of carbonyl (C=O) groups is 1. The maximum Gasteiger partial charge on any atom is 0.278 e. The molecule has 24 heavy (non-hydrogen) atoms. The first-order valence-corrected chi connectivity index (χ1v) is 7.91. The number of aliphatic hydroxyl groups excluding tert-OH is 1. The van der Waals surface area contributed by atoms with Gasteiger partial charge in [0, 0.05) is 29.8 Å². The van der Waals surface area contributed by atoms with E-state index < -0.39 is 12.1 Å². The molecule has 1 N–H and O–H groups in total. The average Bonchev–Trinajstić information content (AvgIpc) is 2.70. The SMILES string of the molecule is COCCN1C(=O)C(O)N=C(c2ccccc2)c2cc(Cl)ccc21. The summed E-state index contributed by atoms with van der Waals surface area (Å²) in [5.41, 5.74) is 2.70. The van der Waals surface area contributed by atoms with E-state index >= 15 is 0 Å². The van der Waals surface area contributed by atoms with Crippen LogP contribution >= 0.6 is 11.6 Å². The van der Waals surface area contributed by atoms with Crippen LogP contribution in [-0.4, -0.2) is 43.2 Å². The topological polar surface area (TPSA) is 62.1 Å². The number of amides is 1. The highest BCUT2D eigenvalue weighted by Gasteiger charge is 2.30. The van der Waals surface area contributed by atoms with Crippen molar-refractivity contribution in [1.82, 2.24) is 0 Å². The quantitative estimate of drug-likeness (QED) is 0.927. The number of benzene rings is 2. The fourth-order valence-electron chi connectivity index (χ4n) is 2.68. The van der Waals surface area contributed by atoms with Crippen LogP contribution < -0.4 is 4.90 Å². The standard InChI is InChI=1S/C18H17ClN2O3/c1-24-10-9-21-15-8-7-13(19)11-14(15)16(20-17(22)18(21)23)12-5-3-2-4-6-12/h2-8,11,17,22H,9-10H2,1H3. The Kier molecular flexibility index (Phi) is 4.94. The van der Waals surface area contributed by atoms with Gasteiger partial charge in [-0.3, -0.25) is 4.79 Å². The summed E-state index contributed by atoms with van der Waals surface area (Å²) < 4.78 is 5.08. The third-order valence-electron chi connectivity index (χ3n) is 3.81. The van der Waals surface area contributed by atoms with Gasteiger partial charge in [0.2, 0.25) is 6.23 Å². The number of methoxy groups -OCH3 is 1. The molecule has 1 aliphatic heterocycles. The molecule has 2 aromatic rings. The minimum Gasteiger partial charge on any atom is -0.383 e. The van der Waals surface area contributed by atoms with Gasteiger partial charge in [0.1, 0.15) is 0 Å². The number of anilines is 1. The van der Waals surface area contributed by atoms with Gasteiger partial charge in [0.05, 0.1) is 18.0 Å². The van der Waals surface area contributed by atoms with Gasteiger partial charge in [-0.05, 0) is 18.2 Å². The first-order valence-electron chi connectivity index (χ1n) is 7.53. The number of hydrogen-bond donors (Lipinski definition) is 1. The molecule has 0 aromatic heterocycles. The molecule has 1 amide bonds. The van der Waals surface area contributed by atoms with Crippen molar-refractivity contribution >= 4 is 28.9 Å². The maximum atomic E-state index is 12.6. The monoisotopic (exact) mass is 344 g/mol. The van der Waals surface area contributed by atoms with Crippen LogP contribution in [-0.2, 0) is 9.53 Å². The van der Waals surface area contributed by atoms with E-state index in [9.17, 15) is 9.90 Å². The zero-order chi connectivity index (χ0) is 17.1. The van der Waals surface area contributed by atoms with E-state index in [1.54, 1.807) is 25.3 Å². The van der Waals surface area contributed by atoms with Crippen molar-refractivity contribution in [3.05, 3.63) is 64.7 Å². The number of carbonyl (C=O) groups excluding carboxylic acids is 1. The molecule has 0 fully saturated rings. The molecule has 0 aliphatic carbocycles. The predicted molar refractivity (Wildman–Crippen MR) is 93.8 cm³/mol. The normalized spacial score (nSPS) is 17.3. The third kappa shape index (κ3) is 3.19. The Morgan fingerprint density at radius 3 is 2.71 bits per heavy atom. The number of ether oxygens (including phenoxy) is 1. The molecule has 2 aromatic carbocycles. The second-order valence-electron chi connectivity index (χ2n) is 5.36. The van der Waals surface area contributed by atoms with E-state index in [-0.39, 0.29) is 0 Å². The predicted octanol–water partition coefficient (Wildman–Crippen LogP) is 2.49. The van der Waals surface area contributed by atoms with Crippen LogP contribution in [0.1, 0.15) is 11.1 Å². The number of aliphatic hydroxyl groups is 1. The second-order valence-corrected chi connectivity index (χ2v) is 5.80. The van der Waals surface area contributed by atoms with Crippen molar-refractivity contribution in [2.75, 3.05) is 25.2 Å². The molecule has 0 radical (unpaired) electrons. The Morgan fingerprint density at radius 1 is 1.25 bits per heavy atom. The van der Waals surface area contributed by atoms with Gasteiger partial charge < -0.3 is 14.7 Å². The number of hydrogen-bond acceptors (Lipinski definition) is 4. The molecule has 0 bridgehead atoms. The van der Waals surface area contributed by atoms with Crippen molar-refractivity contribution in [3.63, 3.8) is 0 Å². The first kappa shape index (κ1) is 16.6. The summed E-state index contributed by atoms with van der Waals surface area (Å²) in [6.07, 6.45) is -1.47. The van der Waals surface area contributed by atoms with E-state index in [0.717, 1.165) is 5.56 Å². The fraction of sp³-hybridized carbons (Fsp3) is 0.222. The molecule has 1 unspecified atom stereocenters. The summed E-state index contributed by atoms with van der Waals surface area (Å²) >= 11 is 6.16. The van der Waals surface area contributed by atoms with Gasteiger partial charge in [-0.2, -0.15) is 0 Å². The van der Waals surface area contributed by atoms with Gasteiger partial charge in [0.15, 0.2) is 0 Å². The van der Waals surface area contributed by atoms with Crippen LogP contribution in [0.15, 0.2) is 53.5 Å². The van der Waals surface area contributed by atoms with E-state index in [1.165, 1.54) is 4.90 Å². The number of benzodiazepines with no additional fused rings is 1. The van der Waals surface area contributed by atoms with E-state index in [4.69, 9.17) is 16.3 Å². The third-order valence-corrected chi connectivity index (χ3v) is 4.04. The van der Waals surface area contributed by atoms with Crippen LogP contribution in [0.2, 0.25) is 5.02 Å². The molecule has 1 atom stereocenters. The van der Waals surface area contributed by atoms with E-state index in [0.29, 0.717) is 35.1 Å². The lowest BCUT2D eigenvalue weighted by Gasteiger charge is -2.23. The lowest BCUT2D eigenvalue weighted by atomic mass is 10.0. The van der Waals surface area contributed by atoms with Crippen molar-refractivity contribution in [2.24, 2.45) is 4.99 Å². The highest BCUT2D eigenvalue weighted by Crippen LogP contribution is 2.30. The van der Waals surface area contributed by atoms with Crippen LogP contribution in [0, 0.1) is 0 Å². The zero-order valence-corrected chi connectivity index (χ0v) is 13.9. The summed E-state index contributed by atoms with van der Waals surface area (Å²) in [5.74, 6) is -0.485. The largest absolute Gasteiger partial charge is 0.383 e. The smallest absolute Gasteiger partial charge is 0.278 e. The number of aliphatic imine (C=N–C) groups is 1. The molecule has 6 heteroatoms. The number of rotatable bonds is 4. The summed E-state index contributed by atoms with van der Waals surface area (Å²) in [5, 5.41) is 10.8. The fourth-order valence-corrected chi connectivity index (χ4v) is 2.85. The molecule has 5 nitrogen and oxygen atoms in total. The lowest BCUT2D eigenvalue weighted by Crippen LogP contribution is -2.39. The first-order chi connectivity index (χ1) is 11.6. The summed E-state index contributed by atoms with van der Waals surface area (Å²) in [4.78, 5) is 18.3. The van der Waals surface area contributed by atoms with Crippen molar-refractivity contribution < 1.29 is 14.6 Å². The van der Waals surface area contributed by atoms with Crippen molar-refractivity contribution in [1.29, 1.82) is 0 Å². The molecule has 124 valence electrons. The molecule has 1 heterocycles. The molecule has 3 rings (SSSR count). The van der Waals surface area contributed by atoms with Gasteiger partial charge in [-0.15, -0.1) is 0 Å². The Labute approximate surface area is 145 Å². The summed E-state index contributed by atoms with van der Waals surface area (Å²) in [7, 11) is 1.56. The molecule has 0 spiro atoms. The van der Waals surface area contributed by atoms with Gasteiger partial charge in [-0.1, -0.05) is 41.9 Å². The average molecular weight is 345 g/mol. The van der Waals surface area contributed by atoms with Crippen LogP contribution in [0.5, 0.6) is 0 Å². The van der Waals surface area contributed by atoms with E-state index in [1.807, 2.05) is 30.3 Å².